The number of fused-ring (bicyclic) bond motifs is 10. The molecule has 0 bridgehead atoms. The number of phenolic OH excluding ortho intramolecular Hbond substituents is 2. The van der Waals surface area contributed by atoms with Crippen LogP contribution in [0.4, 0.5) is 0 Å². The van der Waals surface area contributed by atoms with Crippen molar-refractivity contribution in [2.75, 3.05) is 0 Å². The molecule has 0 spiro atoms. The summed E-state index contributed by atoms with van der Waals surface area (Å²) in [5.41, 5.74) is 6.05. The second kappa shape index (κ2) is 12.9. The Labute approximate surface area is 339 Å². The Hall–Kier alpha value is -4.61. The Morgan fingerprint density at radius 2 is 1.26 bits per heavy atom. The van der Waals surface area contributed by atoms with Crippen molar-refractivity contribution in [1.82, 2.24) is 35.0 Å². The van der Waals surface area contributed by atoms with Crippen LogP contribution in [0.1, 0.15) is 135 Å². The molecular formula is C47H55N7O4. The topological polar surface area (TPSA) is 155 Å². The van der Waals surface area contributed by atoms with Gasteiger partial charge in [0.05, 0.1) is 36.9 Å². The first kappa shape index (κ1) is 36.5. The monoisotopic (exact) mass is 781 g/mol. The maximum atomic E-state index is 12.5. The number of aryl methyl sites for hydroxylation is 2. The van der Waals surface area contributed by atoms with Crippen molar-refractivity contribution in [3.05, 3.63) is 112 Å². The molecule has 4 fully saturated rings. The van der Waals surface area contributed by atoms with Crippen molar-refractivity contribution in [2.24, 2.45) is 34.5 Å². The second-order valence-corrected chi connectivity index (χ2v) is 19.8. The molecule has 5 aromatic rings. The fraction of sp³-hybridized carbons (Fsp3) is 0.553. The molecule has 302 valence electrons. The van der Waals surface area contributed by atoms with Crippen LogP contribution in [0.15, 0.2) is 67.0 Å². The molecule has 10 atom stereocenters. The van der Waals surface area contributed by atoms with Crippen LogP contribution in [0.2, 0.25) is 0 Å². The number of aromatic hydroxyl groups is 2. The molecule has 0 unspecified atom stereocenters. The molecule has 11 rings (SSSR count). The first-order chi connectivity index (χ1) is 27.9. The van der Waals surface area contributed by atoms with Crippen LogP contribution >= 0.6 is 0 Å². The van der Waals surface area contributed by atoms with Crippen molar-refractivity contribution < 1.29 is 20.4 Å². The third-order valence-electron chi connectivity index (χ3n) is 16.8. The summed E-state index contributed by atoms with van der Waals surface area (Å²) in [6, 6.07) is 17.8. The lowest BCUT2D eigenvalue weighted by Gasteiger charge is -2.52. The highest BCUT2D eigenvalue weighted by atomic mass is 16.3. The molecule has 6 aliphatic rings. The molecule has 0 amide bonds. The van der Waals surface area contributed by atoms with E-state index in [1.54, 1.807) is 9.36 Å². The summed E-state index contributed by atoms with van der Waals surface area (Å²) < 4.78 is 3.59. The molecule has 0 radical (unpaired) electrons. The number of hydrogen-bond acceptors (Lipinski definition) is 9. The van der Waals surface area contributed by atoms with Gasteiger partial charge in [-0.05, 0) is 177 Å². The summed E-state index contributed by atoms with van der Waals surface area (Å²) in [7, 11) is 0. The van der Waals surface area contributed by atoms with Crippen LogP contribution in [-0.2, 0) is 37.1 Å². The minimum Gasteiger partial charge on any atom is -0.508 e. The molecule has 4 saturated carbocycles. The van der Waals surface area contributed by atoms with E-state index in [2.05, 4.69) is 46.6 Å². The Morgan fingerprint density at radius 1 is 0.672 bits per heavy atom. The highest BCUT2D eigenvalue weighted by Gasteiger charge is 2.63. The SMILES string of the molecule is C[C@]12CC[C@@H]3c4ccc(O)cc4CC[C@H]3[C@@H]1C[C@@](O)(c1cn(Cc3cccc(Cn4cc([C@]5(O)CC[C@H]6[C@@H]7CCc8cc(O)ccc8[C@H]7CC[C@@]65C)nn4)n3)nn1)C2. The third-order valence-corrected chi connectivity index (χ3v) is 16.8. The first-order valence-corrected chi connectivity index (χ1v) is 21.8. The normalized spacial score (nSPS) is 36.0. The van der Waals surface area contributed by atoms with Crippen LogP contribution in [0.3, 0.4) is 0 Å². The highest BCUT2D eigenvalue weighted by molar-refractivity contribution is 5.42. The van der Waals surface area contributed by atoms with E-state index in [0.717, 1.165) is 69.2 Å². The van der Waals surface area contributed by atoms with Gasteiger partial charge in [-0.2, -0.15) is 0 Å². The van der Waals surface area contributed by atoms with E-state index in [-0.39, 0.29) is 10.8 Å². The van der Waals surface area contributed by atoms with Gasteiger partial charge in [0.1, 0.15) is 34.1 Å². The average Bonchev–Trinajstić information content (AvgIpc) is 3.99. The summed E-state index contributed by atoms with van der Waals surface area (Å²) in [4.78, 5) is 4.97. The van der Waals surface area contributed by atoms with Gasteiger partial charge in [-0.1, -0.05) is 42.5 Å². The van der Waals surface area contributed by atoms with Crippen LogP contribution in [0, 0.1) is 34.5 Å². The number of nitrogens with zero attached hydrogens (tertiary/aromatic N) is 7. The standard InChI is InChI=1S/C47H55N7O4/c1-44-17-14-36-34-12-8-32(55)21-29(34)7-11-39(36)41(44)22-46(57,27-44)42-25-53(51-49-42)23-30-4-3-5-31(48-30)24-54-26-43(50-52-54)47(58)19-16-40-38-10-6-28-20-33(56)9-13-35(28)37(38)15-18-45(40,47)2/h3-5,8-9,12-13,20-21,25-26,36-41,55-58H,6-7,10-11,14-19,22-24,27H2,1-2H3/t36-,37-,38-,39-,40+,41+,44-,45+,46+,47-/m1/s1. The van der Waals surface area contributed by atoms with E-state index < -0.39 is 11.2 Å². The largest absolute Gasteiger partial charge is 0.508 e. The summed E-state index contributed by atoms with van der Waals surface area (Å²) >= 11 is 0. The van der Waals surface area contributed by atoms with E-state index in [1.165, 1.54) is 22.3 Å². The maximum Gasteiger partial charge on any atom is 0.116 e. The lowest BCUT2D eigenvalue weighted by Crippen LogP contribution is -2.49. The number of aliphatic hydroxyl groups is 2. The van der Waals surface area contributed by atoms with Gasteiger partial charge in [-0.3, -0.25) is 4.98 Å². The quantitative estimate of drug-likeness (QED) is 0.139. The van der Waals surface area contributed by atoms with E-state index in [0.29, 0.717) is 90.7 Å². The van der Waals surface area contributed by atoms with Gasteiger partial charge in [0.15, 0.2) is 0 Å². The van der Waals surface area contributed by atoms with E-state index in [9.17, 15) is 20.4 Å². The van der Waals surface area contributed by atoms with Gasteiger partial charge in [0.25, 0.3) is 0 Å². The zero-order chi connectivity index (χ0) is 39.6. The number of hydrogen-bond donors (Lipinski definition) is 4. The molecule has 2 aromatic carbocycles. The van der Waals surface area contributed by atoms with Crippen molar-refractivity contribution in [1.29, 1.82) is 0 Å². The second-order valence-electron chi connectivity index (χ2n) is 19.8. The molecule has 11 heteroatoms. The highest BCUT2D eigenvalue weighted by Crippen LogP contribution is 2.67. The lowest BCUT2D eigenvalue weighted by molar-refractivity contribution is -0.111. The van der Waals surface area contributed by atoms with Crippen LogP contribution in [-0.4, -0.2) is 55.4 Å². The van der Waals surface area contributed by atoms with Gasteiger partial charge in [0, 0.05) is 5.41 Å². The summed E-state index contributed by atoms with van der Waals surface area (Å²) in [5, 5.41) is 63.1. The maximum absolute atomic E-state index is 12.5. The van der Waals surface area contributed by atoms with Crippen LogP contribution in [0.5, 0.6) is 11.5 Å². The summed E-state index contributed by atoms with van der Waals surface area (Å²) in [6.45, 7) is 5.52. The molecular weight excluding hydrogens is 727 g/mol. The van der Waals surface area contributed by atoms with Gasteiger partial charge < -0.3 is 20.4 Å². The van der Waals surface area contributed by atoms with Crippen molar-refractivity contribution >= 4 is 0 Å². The number of pyridine rings is 1. The molecule has 4 N–H and O–H groups in total. The first-order valence-electron chi connectivity index (χ1n) is 21.8. The molecule has 58 heavy (non-hydrogen) atoms. The van der Waals surface area contributed by atoms with Crippen molar-refractivity contribution in [2.45, 2.75) is 127 Å². The lowest BCUT2D eigenvalue weighted by atomic mass is 9.53. The van der Waals surface area contributed by atoms with Crippen molar-refractivity contribution in [3.63, 3.8) is 0 Å². The Morgan fingerprint density at radius 3 is 1.91 bits per heavy atom. The number of benzene rings is 2. The Bertz CT molecular complexity index is 2410. The summed E-state index contributed by atoms with van der Waals surface area (Å²) in [5.74, 6) is 3.49. The zero-order valence-corrected chi connectivity index (χ0v) is 33.6. The van der Waals surface area contributed by atoms with E-state index in [1.807, 2.05) is 54.9 Å². The van der Waals surface area contributed by atoms with Crippen LogP contribution in [0.25, 0.3) is 0 Å². The molecule has 3 aromatic heterocycles. The molecule has 6 aliphatic carbocycles. The minimum absolute atomic E-state index is 0.0478. The predicted octanol–water partition coefficient (Wildman–Crippen LogP) is 7.26. The minimum atomic E-state index is -1.04. The molecule has 0 saturated heterocycles. The fourth-order valence-corrected chi connectivity index (χ4v) is 14.1. The number of aromatic nitrogens is 7. The van der Waals surface area contributed by atoms with Crippen molar-refractivity contribution in [3.8, 4) is 11.5 Å². The van der Waals surface area contributed by atoms with Crippen LogP contribution < -0.4 is 0 Å². The Balaban J connectivity index is 0.763. The smallest absolute Gasteiger partial charge is 0.116 e. The van der Waals surface area contributed by atoms with Gasteiger partial charge in [0.2, 0.25) is 0 Å². The van der Waals surface area contributed by atoms with E-state index in [4.69, 9.17) is 4.98 Å². The third kappa shape index (κ3) is 5.55. The van der Waals surface area contributed by atoms with Gasteiger partial charge in [-0.15, -0.1) is 10.2 Å². The molecule has 0 aliphatic heterocycles. The average molecular weight is 782 g/mol. The van der Waals surface area contributed by atoms with E-state index >= 15 is 0 Å². The predicted molar refractivity (Wildman–Crippen MR) is 216 cm³/mol. The fourth-order valence-electron chi connectivity index (χ4n) is 14.1. The summed E-state index contributed by atoms with van der Waals surface area (Å²) in [6.07, 6.45) is 15.2. The Kier molecular flexibility index (Phi) is 8.14. The molecule has 3 heterocycles. The van der Waals surface area contributed by atoms with Gasteiger partial charge in [-0.25, -0.2) is 9.36 Å². The number of phenols is 2. The molecule has 11 nitrogen and oxygen atoms in total. The zero-order valence-electron chi connectivity index (χ0n) is 33.6. The van der Waals surface area contributed by atoms with Gasteiger partial charge >= 0.3 is 0 Å². The number of rotatable bonds is 6.